The molecule has 0 atom stereocenters. The second-order valence-electron chi connectivity index (χ2n) is 6.03. The Morgan fingerprint density at radius 1 is 1.24 bits per heavy atom. The first-order valence-corrected chi connectivity index (χ1v) is 8.81. The van der Waals surface area contributed by atoms with Crippen molar-refractivity contribution in [1.82, 2.24) is 10.2 Å². The summed E-state index contributed by atoms with van der Waals surface area (Å²) in [5.41, 5.74) is 0.775. The quantitative estimate of drug-likeness (QED) is 0.350. The van der Waals surface area contributed by atoms with E-state index in [0.29, 0.717) is 16.9 Å². The lowest BCUT2D eigenvalue weighted by atomic mass is 10.1. The van der Waals surface area contributed by atoms with Crippen LogP contribution in [0.5, 0.6) is 0 Å². The molecule has 3 rings (SSSR count). The van der Waals surface area contributed by atoms with Gasteiger partial charge >= 0.3 is 12.0 Å². The number of nitrogens with zero attached hydrogens (tertiary/aromatic N) is 1. The summed E-state index contributed by atoms with van der Waals surface area (Å²) < 4.78 is 10.7. The molecule has 0 spiro atoms. The van der Waals surface area contributed by atoms with E-state index >= 15 is 0 Å². The number of barbiturate groups is 1. The average Bonchev–Trinajstić information content (AvgIpc) is 3.17. The van der Waals surface area contributed by atoms with Crippen molar-refractivity contribution in [1.29, 1.82) is 0 Å². The Morgan fingerprint density at radius 2 is 2.03 bits per heavy atom. The highest BCUT2D eigenvalue weighted by Crippen LogP contribution is 2.25. The Balaban J connectivity index is 1.88. The fourth-order valence-corrected chi connectivity index (χ4v) is 2.73. The fourth-order valence-electron chi connectivity index (χ4n) is 2.73. The first-order valence-electron chi connectivity index (χ1n) is 8.81. The number of esters is 1. The van der Waals surface area contributed by atoms with E-state index in [1.54, 1.807) is 43.3 Å². The standard InChI is InChI=1S/C21H18N2O6/c1-3-10-23-19(25)16(18(24)22-21(23)27)12-15-8-9-17(29-15)13-6-5-7-14(11-13)20(26)28-4-2/h3,5-9,11-12H,1,4,10H2,2H3,(H,22,24,27)/b16-12-. The van der Waals surface area contributed by atoms with Crippen LogP contribution in [0.3, 0.4) is 0 Å². The van der Waals surface area contributed by atoms with Gasteiger partial charge in [0.05, 0.1) is 12.2 Å². The van der Waals surface area contributed by atoms with Crippen LogP contribution in [0.1, 0.15) is 23.0 Å². The summed E-state index contributed by atoms with van der Waals surface area (Å²) in [4.78, 5) is 49.0. The molecule has 0 radical (unpaired) electrons. The van der Waals surface area contributed by atoms with Crippen molar-refractivity contribution in [3.63, 3.8) is 0 Å². The summed E-state index contributed by atoms with van der Waals surface area (Å²) in [5.74, 6) is -1.30. The van der Waals surface area contributed by atoms with Crippen LogP contribution in [0.4, 0.5) is 4.79 Å². The van der Waals surface area contributed by atoms with Crippen molar-refractivity contribution in [3.8, 4) is 11.3 Å². The Kier molecular flexibility index (Phi) is 5.73. The van der Waals surface area contributed by atoms with E-state index in [1.807, 2.05) is 0 Å². The zero-order chi connectivity index (χ0) is 21.0. The lowest BCUT2D eigenvalue weighted by molar-refractivity contribution is -0.129. The zero-order valence-electron chi connectivity index (χ0n) is 15.6. The summed E-state index contributed by atoms with van der Waals surface area (Å²) in [7, 11) is 0. The lowest BCUT2D eigenvalue weighted by Gasteiger charge is -2.24. The Hall–Kier alpha value is -3.94. The number of carbonyl (C=O) groups excluding carboxylic acids is 4. The SMILES string of the molecule is C=CCN1C(=O)NC(=O)/C(=C/c2ccc(-c3cccc(C(=O)OCC)c3)o2)C1=O. The van der Waals surface area contributed by atoms with E-state index < -0.39 is 23.8 Å². The average molecular weight is 394 g/mol. The molecule has 1 aromatic carbocycles. The highest BCUT2D eigenvalue weighted by molar-refractivity contribution is 6.30. The van der Waals surface area contributed by atoms with Gasteiger partial charge in [0, 0.05) is 12.1 Å². The van der Waals surface area contributed by atoms with Gasteiger partial charge in [-0.1, -0.05) is 18.2 Å². The van der Waals surface area contributed by atoms with Gasteiger partial charge in [-0.15, -0.1) is 6.58 Å². The maximum Gasteiger partial charge on any atom is 0.338 e. The normalized spacial score (nSPS) is 15.4. The predicted molar refractivity (Wildman–Crippen MR) is 104 cm³/mol. The molecular formula is C21H18N2O6. The molecule has 2 aromatic rings. The number of nitrogens with one attached hydrogen (secondary N) is 1. The largest absolute Gasteiger partial charge is 0.462 e. The van der Waals surface area contributed by atoms with Crippen molar-refractivity contribution in [3.05, 3.63) is 65.9 Å². The second kappa shape index (κ2) is 8.39. The third-order valence-corrected chi connectivity index (χ3v) is 4.07. The van der Waals surface area contributed by atoms with Crippen molar-refractivity contribution >= 4 is 29.9 Å². The molecule has 1 fully saturated rings. The Bertz CT molecular complexity index is 1030. The number of urea groups is 1. The monoisotopic (exact) mass is 394 g/mol. The van der Waals surface area contributed by atoms with E-state index in [1.165, 1.54) is 12.2 Å². The summed E-state index contributed by atoms with van der Waals surface area (Å²) >= 11 is 0. The fraction of sp³-hybridized carbons (Fsp3) is 0.143. The molecule has 1 aliphatic rings. The molecule has 8 nitrogen and oxygen atoms in total. The van der Waals surface area contributed by atoms with Gasteiger partial charge < -0.3 is 9.15 Å². The summed E-state index contributed by atoms with van der Waals surface area (Å²) in [6, 6.07) is 9.12. The van der Waals surface area contributed by atoms with Crippen molar-refractivity contribution in [2.75, 3.05) is 13.2 Å². The third kappa shape index (κ3) is 4.16. The van der Waals surface area contributed by atoms with Gasteiger partial charge in [0.2, 0.25) is 0 Å². The van der Waals surface area contributed by atoms with Crippen LogP contribution in [-0.2, 0) is 14.3 Å². The van der Waals surface area contributed by atoms with Crippen molar-refractivity contribution in [2.24, 2.45) is 0 Å². The molecular weight excluding hydrogens is 376 g/mol. The molecule has 1 aliphatic heterocycles. The van der Waals surface area contributed by atoms with Gasteiger partial charge in [0.1, 0.15) is 17.1 Å². The number of hydrogen-bond donors (Lipinski definition) is 1. The van der Waals surface area contributed by atoms with Crippen LogP contribution in [0, 0.1) is 0 Å². The molecule has 2 heterocycles. The first kappa shape index (κ1) is 19.8. The minimum Gasteiger partial charge on any atom is -0.462 e. The predicted octanol–water partition coefficient (Wildman–Crippen LogP) is 2.77. The second-order valence-corrected chi connectivity index (χ2v) is 6.03. The minimum atomic E-state index is -0.803. The third-order valence-electron chi connectivity index (χ3n) is 4.07. The highest BCUT2D eigenvalue weighted by atomic mass is 16.5. The smallest absolute Gasteiger partial charge is 0.338 e. The van der Waals surface area contributed by atoms with Crippen LogP contribution >= 0.6 is 0 Å². The topological polar surface area (TPSA) is 106 Å². The number of imide groups is 2. The number of furan rings is 1. The lowest BCUT2D eigenvalue weighted by Crippen LogP contribution is -2.54. The van der Waals surface area contributed by atoms with Gasteiger partial charge in [0.25, 0.3) is 11.8 Å². The molecule has 0 bridgehead atoms. The van der Waals surface area contributed by atoms with Crippen molar-refractivity contribution < 1.29 is 28.3 Å². The van der Waals surface area contributed by atoms with Gasteiger partial charge in [0.15, 0.2) is 0 Å². The van der Waals surface area contributed by atoms with E-state index in [-0.39, 0.29) is 24.5 Å². The first-order chi connectivity index (χ1) is 13.9. The molecule has 0 saturated carbocycles. The van der Waals surface area contributed by atoms with Crippen LogP contribution < -0.4 is 5.32 Å². The number of amides is 4. The van der Waals surface area contributed by atoms with Gasteiger partial charge in [-0.3, -0.25) is 19.8 Å². The summed E-state index contributed by atoms with van der Waals surface area (Å²) in [6.07, 6.45) is 2.64. The Morgan fingerprint density at radius 3 is 2.76 bits per heavy atom. The van der Waals surface area contributed by atoms with Crippen LogP contribution in [0.2, 0.25) is 0 Å². The van der Waals surface area contributed by atoms with E-state index in [2.05, 4.69) is 11.9 Å². The molecule has 8 heteroatoms. The summed E-state index contributed by atoms with van der Waals surface area (Å²) in [5, 5.41) is 2.10. The number of rotatable bonds is 6. The molecule has 29 heavy (non-hydrogen) atoms. The zero-order valence-corrected chi connectivity index (χ0v) is 15.6. The molecule has 1 N–H and O–H groups in total. The van der Waals surface area contributed by atoms with E-state index in [9.17, 15) is 19.2 Å². The van der Waals surface area contributed by atoms with Crippen molar-refractivity contribution in [2.45, 2.75) is 6.92 Å². The van der Waals surface area contributed by atoms with E-state index in [4.69, 9.17) is 9.15 Å². The summed E-state index contributed by atoms with van der Waals surface area (Å²) in [6.45, 7) is 5.45. The molecule has 1 aromatic heterocycles. The maximum atomic E-state index is 12.4. The maximum absolute atomic E-state index is 12.4. The van der Waals surface area contributed by atoms with E-state index in [0.717, 1.165) is 4.90 Å². The minimum absolute atomic E-state index is 0.0284. The van der Waals surface area contributed by atoms with Gasteiger partial charge in [-0.2, -0.15) is 0 Å². The van der Waals surface area contributed by atoms with Gasteiger partial charge in [-0.25, -0.2) is 9.59 Å². The van der Waals surface area contributed by atoms with Crippen LogP contribution in [0.25, 0.3) is 17.4 Å². The number of ether oxygens (including phenoxy) is 1. The molecule has 1 saturated heterocycles. The van der Waals surface area contributed by atoms with Crippen LogP contribution in [0.15, 0.2) is 59.0 Å². The number of benzene rings is 1. The molecule has 0 aliphatic carbocycles. The van der Waals surface area contributed by atoms with Gasteiger partial charge in [-0.05, 0) is 37.3 Å². The van der Waals surface area contributed by atoms with Crippen LogP contribution in [-0.4, -0.2) is 41.9 Å². The Labute approximate surface area is 166 Å². The number of carbonyl (C=O) groups is 4. The highest BCUT2D eigenvalue weighted by Gasteiger charge is 2.35. The molecule has 148 valence electrons. The molecule has 0 unspecified atom stereocenters. The number of hydrogen-bond acceptors (Lipinski definition) is 6. The molecule has 4 amide bonds.